The maximum absolute atomic E-state index is 12.4. The Balaban J connectivity index is 0.000000162. The number of nitrogens with zero attached hydrogens (tertiary/aromatic N) is 4. The largest absolute Gasteiger partial charge is 0.462 e. The van der Waals surface area contributed by atoms with Crippen LogP contribution in [0.3, 0.4) is 0 Å². The van der Waals surface area contributed by atoms with Crippen molar-refractivity contribution >= 4 is 45.4 Å². The van der Waals surface area contributed by atoms with Gasteiger partial charge in [0.05, 0.1) is 52.9 Å². The van der Waals surface area contributed by atoms with Crippen molar-refractivity contribution in [2.75, 3.05) is 19.7 Å². The second-order valence-electron chi connectivity index (χ2n) is 10.2. The van der Waals surface area contributed by atoms with E-state index in [1.54, 1.807) is 13.0 Å². The van der Waals surface area contributed by atoms with Gasteiger partial charge in [0, 0.05) is 5.54 Å². The number of aromatic nitrogens is 4. The molecule has 0 saturated heterocycles. The fraction of sp³-hybridized carbons (Fsp3) is 0.267. The first kappa shape index (κ1) is 26.7. The van der Waals surface area contributed by atoms with E-state index in [2.05, 4.69) is 35.2 Å². The minimum Gasteiger partial charge on any atom is -0.462 e. The van der Waals surface area contributed by atoms with E-state index in [0.717, 1.165) is 22.1 Å². The maximum Gasteiger partial charge on any atom is 0.340 e. The van der Waals surface area contributed by atoms with Crippen LogP contribution in [-0.4, -0.2) is 68.5 Å². The number of aromatic amines is 2. The van der Waals surface area contributed by atoms with E-state index in [1.165, 1.54) is 0 Å². The Morgan fingerprint density at radius 1 is 0.825 bits per heavy atom. The van der Waals surface area contributed by atoms with Gasteiger partial charge in [-0.1, -0.05) is 24.3 Å². The summed E-state index contributed by atoms with van der Waals surface area (Å²) < 4.78 is 5.02. The summed E-state index contributed by atoms with van der Waals surface area (Å²) in [4.78, 5) is 48.3. The number of esters is 1. The zero-order valence-electron chi connectivity index (χ0n) is 22.9. The number of nitrogens with one attached hydrogen (secondary N) is 3. The van der Waals surface area contributed by atoms with Crippen molar-refractivity contribution in [2.24, 2.45) is 9.98 Å². The molecule has 4 heterocycles. The Hall–Kier alpha value is -4.86. The molecule has 0 radical (unpaired) electrons. The lowest BCUT2D eigenvalue weighted by Gasteiger charge is -2.21. The summed E-state index contributed by atoms with van der Waals surface area (Å²) in [5.74, 6) is 0.792. The molecule has 204 valence electrons. The number of ether oxygens (including phenoxy) is 1. The molecule has 0 bridgehead atoms. The number of benzene rings is 2. The monoisotopic (exact) mass is 537 g/mol. The lowest BCUT2D eigenvalue weighted by molar-refractivity contribution is -0.137. The molecule has 0 saturated carbocycles. The summed E-state index contributed by atoms with van der Waals surface area (Å²) in [6.07, 6.45) is 3.60. The van der Waals surface area contributed by atoms with Crippen LogP contribution < -0.4 is 5.32 Å². The summed E-state index contributed by atoms with van der Waals surface area (Å²) in [7, 11) is 0. The van der Waals surface area contributed by atoms with Crippen LogP contribution in [0.4, 0.5) is 0 Å². The van der Waals surface area contributed by atoms with Crippen molar-refractivity contribution in [2.45, 2.75) is 33.2 Å². The van der Waals surface area contributed by atoms with Gasteiger partial charge < -0.3 is 20.0 Å². The molecule has 40 heavy (non-hydrogen) atoms. The van der Waals surface area contributed by atoms with Gasteiger partial charge >= 0.3 is 5.97 Å². The highest BCUT2D eigenvalue weighted by molar-refractivity contribution is 6.28. The molecular formula is C30H31N7O3. The highest BCUT2D eigenvalue weighted by Crippen LogP contribution is 2.19. The molecule has 10 heteroatoms. The van der Waals surface area contributed by atoms with E-state index >= 15 is 0 Å². The first-order valence-electron chi connectivity index (χ1n) is 13.1. The van der Waals surface area contributed by atoms with Gasteiger partial charge in [0.1, 0.15) is 11.4 Å². The second kappa shape index (κ2) is 11.1. The lowest BCUT2D eigenvalue weighted by Crippen LogP contribution is -2.42. The first-order valence-corrected chi connectivity index (χ1v) is 13.1. The Morgan fingerprint density at radius 3 is 1.82 bits per heavy atom. The molecule has 0 unspecified atom stereocenters. The van der Waals surface area contributed by atoms with Crippen molar-refractivity contribution in [3.05, 3.63) is 83.5 Å². The minimum absolute atomic E-state index is 0.112. The Labute approximate surface area is 231 Å². The van der Waals surface area contributed by atoms with Crippen LogP contribution in [0.1, 0.15) is 39.3 Å². The van der Waals surface area contributed by atoms with Gasteiger partial charge in [0.25, 0.3) is 5.91 Å². The van der Waals surface area contributed by atoms with Gasteiger partial charge in [-0.2, -0.15) is 0 Å². The molecule has 2 aliphatic heterocycles. The van der Waals surface area contributed by atoms with Crippen molar-refractivity contribution < 1.29 is 14.3 Å². The van der Waals surface area contributed by atoms with E-state index in [4.69, 9.17) is 4.74 Å². The third-order valence-electron chi connectivity index (χ3n) is 6.06. The zero-order valence-corrected chi connectivity index (χ0v) is 22.9. The van der Waals surface area contributed by atoms with E-state index in [-0.39, 0.29) is 17.4 Å². The fourth-order valence-corrected chi connectivity index (χ4v) is 4.35. The highest BCUT2D eigenvalue weighted by Gasteiger charge is 2.26. The third kappa shape index (κ3) is 5.75. The number of imidazole rings is 2. The number of hydrogen-bond donors (Lipinski definition) is 3. The number of carbonyl (C=O) groups is 2. The van der Waals surface area contributed by atoms with Gasteiger partial charge in [-0.15, -0.1) is 0 Å². The summed E-state index contributed by atoms with van der Waals surface area (Å²) >= 11 is 0. The van der Waals surface area contributed by atoms with Gasteiger partial charge in [-0.05, 0) is 64.1 Å². The van der Waals surface area contributed by atoms with Crippen LogP contribution >= 0.6 is 0 Å². The van der Waals surface area contributed by atoms with Gasteiger partial charge in [-0.3, -0.25) is 14.8 Å². The number of rotatable bonds is 5. The van der Waals surface area contributed by atoms with Crippen molar-refractivity contribution in [3.8, 4) is 0 Å². The average Bonchev–Trinajstić information content (AvgIpc) is 3.71. The van der Waals surface area contributed by atoms with E-state index in [1.807, 2.05) is 75.4 Å². The molecule has 2 aromatic carbocycles. The minimum atomic E-state index is -0.348. The molecule has 0 fully saturated rings. The summed E-state index contributed by atoms with van der Waals surface area (Å²) in [6.45, 7) is 9.00. The summed E-state index contributed by atoms with van der Waals surface area (Å²) in [5.41, 5.74) is 5.60. The van der Waals surface area contributed by atoms with Crippen LogP contribution in [0.15, 0.2) is 81.8 Å². The molecule has 2 aromatic heterocycles. The van der Waals surface area contributed by atoms with Gasteiger partial charge in [-0.25, -0.2) is 14.8 Å². The normalized spacial score (nSPS) is 14.7. The fourth-order valence-electron chi connectivity index (χ4n) is 4.35. The molecule has 0 spiro atoms. The van der Waals surface area contributed by atoms with Gasteiger partial charge in [0.15, 0.2) is 11.6 Å². The number of carbonyl (C=O) groups excluding carboxylic acids is 2. The molecular weight excluding hydrogens is 506 g/mol. The number of hydrogen-bond acceptors (Lipinski definition) is 7. The number of aliphatic imine (C=N–C) groups is 2. The topological polar surface area (TPSA) is 137 Å². The van der Waals surface area contributed by atoms with E-state index < -0.39 is 0 Å². The Bertz CT molecular complexity index is 1650. The van der Waals surface area contributed by atoms with Crippen molar-refractivity contribution in [1.29, 1.82) is 0 Å². The number of H-pyrrole nitrogens is 2. The Kier molecular flexibility index (Phi) is 7.41. The van der Waals surface area contributed by atoms with E-state index in [9.17, 15) is 9.59 Å². The predicted octanol–water partition coefficient (Wildman–Crippen LogP) is 4.06. The standard InChI is InChI=1S/C16H18N4O.C14H13N3O2/c1-16(2,3)20-15(21)10-8-9-17-13(10)14-18-11-6-4-5-7-12(11)19-14;1-2-19-14(18)9-7-8-15-12(9)13-16-10-5-3-4-6-11(10)17-13/h4-8H,9H2,1-3H3,(H,18,19)(H,20,21);3-7H,2,8H2,1H3,(H,16,17). The summed E-state index contributed by atoms with van der Waals surface area (Å²) in [6, 6.07) is 15.5. The highest BCUT2D eigenvalue weighted by atomic mass is 16.5. The van der Waals surface area contributed by atoms with Crippen LogP contribution in [0.2, 0.25) is 0 Å². The molecule has 6 rings (SSSR count). The third-order valence-corrected chi connectivity index (χ3v) is 6.06. The van der Waals surface area contributed by atoms with E-state index in [0.29, 0.717) is 53.9 Å². The lowest BCUT2D eigenvalue weighted by atomic mass is 10.1. The molecule has 10 nitrogen and oxygen atoms in total. The SMILES string of the molecule is CC(C)(C)NC(=O)C1=CCN=C1c1nc2ccccc2[nH]1.CCOC(=O)C1=CCN=C1c1nc2ccccc2[nH]1. The summed E-state index contributed by atoms with van der Waals surface area (Å²) in [5, 5.41) is 2.96. The molecule has 0 atom stereocenters. The van der Waals surface area contributed by atoms with Gasteiger partial charge in [0.2, 0.25) is 0 Å². The van der Waals surface area contributed by atoms with Crippen molar-refractivity contribution in [1.82, 2.24) is 25.3 Å². The number of fused-ring (bicyclic) bond motifs is 2. The zero-order chi connectivity index (χ0) is 28.3. The molecule has 4 aromatic rings. The predicted molar refractivity (Wildman–Crippen MR) is 156 cm³/mol. The number of para-hydroxylation sites is 4. The number of amides is 1. The molecule has 2 aliphatic rings. The van der Waals surface area contributed by atoms with Crippen LogP contribution in [-0.2, 0) is 14.3 Å². The average molecular weight is 538 g/mol. The van der Waals surface area contributed by atoms with Crippen LogP contribution in [0.5, 0.6) is 0 Å². The van der Waals surface area contributed by atoms with Crippen LogP contribution in [0, 0.1) is 0 Å². The molecule has 0 aliphatic carbocycles. The van der Waals surface area contributed by atoms with Crippen molar-refractivity contribution in [3.63, 3.8) is 0 Å². The first-order chi connectivity index (χ1) is 19.2. The quantitative estimate of drug-likeness (QED) is 0.330. The maximum atomic E-state index is 12.4. The molecule has 3 N–H and O–H groups in total. The smallest absolute Gasteiger partial charge is 0.340 e. The van der Waals surface area contributed by atoms with Crippen LogP contribution in [0.25, 0.3) is 22.1 Å². The molecule has 1 amide bonds. The Morgan fingerprint density at radius 2 is 1.32 bits per heavy atom. The second-order valence-corrected chi connectivity index (χ2v) is 10.2.